The summed E-state index contributed by atoms with van der Waals surface area (Å²) < 4.78 is 86.6. The van der Waals surface area contributed by atoms with Gasteiger partial charge in [-0.05, 0) is 35.8 Å². The standard InChI is InChI=1S/C22H38N4O8.C21H39N3O8.C18H15P/c1-2-7-27-9-11-29-13-15-31-17-19-33-21-4-3-5-22(25-21)34-20-18-32-16-14-30-12-10-28-8-6-24-26-23;22-4-6-25-8-10-27-12-14-29-16-18-31-20-2-1-3-21(24-20)32-19-17-30-15-13-28-11-9-26-7-5-23;1-4-10-16(11-5-1)19(17-12-6-2-7-13-17)18-14-8-3-9-15-18/h3-5H,2,6-20H2,1H3;1-3H,4-19,22-23H2;1-15H. The van der Waals surface area contributed by atoms with Gasteiger partial charge in [0, 0.05) is 55.4 Å². The summed E-state index contributed by atoms with van der Waals surface area (Å²) in [6.45, 7) is 17.1. The molecule has 85 heavy (non-hydrogen) atoms. The smallest absolute Gasteiger partial charge is 0.216 e. The Hall–Kier alpha value is -5.66. The fourth-order valence-corrected chi connectivity index (χ4v) is 9.05. The number of nitrogens with zero attached hydrogens (tertiary/aromatic N) is 5. The predicted molar refractivity (Wildman–Crippen MR) is 328 cm³/mol. The van der Waals surface area contributed by atoms with E-state index in [1.165, 1.54) is 15.9 Å². The van der Waals surface area contributed by atoms with Gasteiger partial charge in [0.05, 0.1) is 152 Å². The molecule has 0 amide bonds. The molecule has 2 aromatic heterocycles. The zero-order valence-electron chi connectivity index (χ0n) is 49.6. The number of hydrogen-bond acceptors (Lipinski definition) is 21. The SMILES string of the molecule is CCCOCCOCCOCCOc1cccc(OCCOCCOCCOCCN=[N+]=[N-])n1.NCCOCCOCCOCCOc1cccc(OCCOCCOCCOCCN)n1.c1ccc(P(c2ccccc2)c2ccccc2)cc1. The molecular weight excluding hydrogens is 1120 g/mol. The Morgan fingerprint density at radius 1 is 0.329 bits per heavy atom. The Morgan fingerprint density at radius 3 is 0.835 bits per heavy atom. The molecule has 23 nitrogen and oxygen atoms in total. The van der Waals surface area contributed by atoms with E-state index >= 15 is 0 Å². The van der Waals surface area contributed by atoms with E-state index in [9.17, 15) is 0 Å². The van der Waals surface area contributed by atoms with E-state index in [2.05, 4.69) is 118 Å². The Labute approximate surface area is 503 Å². The first-order chi connectivity index (χ1) is 42.2. The van der Waals surface area contributed by atoms with Crippen LogP contribution in [-0.4, -0.2) is 215 Å². The topological polar surface area (TPSA) is 274 Å². The first-order valence-electron chi connectivity index (χ1n) is 28.9. The van der Waals surface area contributed by atoms with E-state index in [0.29, 0.717) is 222 Å². The van der Waals surface area contributed by atoms with Gasteiger partial charge in [-0.1, -0.05) is 115 Å². The molecule has 472 valence electrons. The van der Waals surface area contributed by atoms with Crippen LogP contribution in [0.25, 0.3) is 10.4 Å². The summed E-state index contributed by atoms with van der Waals surface area (Å²) in [6.07, 6.45) is 1.01. The number of aromatic nitrogens is 2. The third kappa shape index (κ3) is 41.9. The Balaban J connectivity index is 0.000000346. The molecule has 0 saturated carbocycles. The van der Waals surface area contributed by atoms with Crippen LogP contribution in [0.4, 0.5) is 0 Å². The molecule has 0 aliphatic heterocycles. The minimum Gasteiger partial charge on any atom is -0.475 e. The molecular formula is C61H92N7O16P. The van der Waals surface area contributed by atoms with Gasteiger partial charge in [-0.2, -0.15) is 9.97 Å². The van der Waals surface area contributed by atoms with Crippen LogP contribution >= 0.6 is 7.92 Å². The molecule has 0 aliphatic rings. The summed E-state index contributed by atoms with van der Waals surface area (Å²) in [5, 5.41) is 7.56. The first kappa shape index (κ1) is 73.6. The van der Waals surface area contributed by atoms with Crippen molar-refractivity contribution in [3.05, 3.63) is 138 Å². The second-order valence-electron chi connectivity index (χ2n) is 17.2. The summed E-state index contributed by atoms with van der Waals surface area (Å²) in [4.78, 5) is 11.2. The van der Waals surface area contributed by atoms with Gasteiger partial charge in [0.1, 0.15) is 26.4 Å². The van der Waals surface area contributed by atoms with Gasteiger partial charge in [-0.15, -0.1) is 0 Å². The van der Waals surface area contributed by atoms with Crippen LogP contribution < -0.4 is 46.3 Å². The van der Waals surface area contributed by atoms with Gasteiger partial charge in [-0.3, -0.25) is 0 Å². The maximum Gasteiger partial charge on any atom is 0.216 e. The molecule has 24 heteroatoms. The first-order valence-corrected chi connectivity index (χ1v) is 30.3. The van der Waals surface area contributed by atoms with Crippen LogP contribution in [0.1, 0.15) is 13.3 Å². The van der Waals surface area contributed by atoms with Crippen molar-refractivity contribution in [2.24, 2.45) is 16.6 Å². The van der Waals surface area contributed by atoms with E-state index in [1.807, 2.05) is 12.1 Å². The van der Waals surface area contributed by atoms with Crippen molar-refractivity contribution in [1.82, 2.24) is 9.97 Å². The van der Waals surface area contributed by atoms with Gasteiger partial charge in [-0.25, -0.2) is 0 Å². The van der Waals surface area contributed by atoms with E-state index in [-0.39, 0.29) is 0 Å². The summed E-state index contributed by atoms with van der Waals surface area (Å²) in [5.41, 5.74) is 18.8. The summed E-state index contributed by atoms with van der Waals surface area (Å²) >= 11 is 0. The zero-order chi connectivity index (χ0) is 60.2. The maximum atomic E-state index is 8.13. The highest BCUT2D eigenvalue weighted by Crippen LogP contribution is 2.32. The highest BCUT2D eigenvalue weighted by Gasteiger charge is 2.15. The molecule has 0 atom stereocenters. The predicted octanol–water partition coefficient (Wildman–Crippen LogP) is 5.96. The second-order valence-corrected chi connectivity index (χ2v) is 19.5. The normalized spacial score (nSPS) is 10.8. The number of rotatable bonds is 52. The molecule has 0 bridgehead atoms. The van der Waals surface area contributed by atoms with E-state index in [0.717, 1.165) is 13.0 Å². The number of hydrogen-bond donors (Lipinski definition) is 2. The molecule has 5 rings (SSSR count). The fraction of sp³-hybridized carbons (Fsp3) is 0.541. The highest BCUT2D eigenvalue weighted by molar-refractivity contribution is 7.79. The Bertz CT molecular complexity index is 2160. The number of pyridine rings is 2. The lowest BCUT2D eigenvalue weighted by Gasteiger charge is -2.18. The van der Waals surface area contributed by atoms with Crippen molar-refractivity contribution >= 4 is 23.8 Å². The van der Waals surface area contributed by atoms with Crippen molar-refractivity contribution in [2.75, 3.05) is 205 Å². The van der Waals surface area contributed by atoms with Crippen molar-refractivity contribution in [3.8, 4) is 23.5 Å². The van der Waals surface area contributed by atoms with Crippen LogP contribution in [0.5, 0.6) is 23.5 Å². The summed E-state index contributed by atoms with van der Waals surface area (Å²) in [7, 11) is -0.446. The fourth-order valence-electron chi connectivity index (χ4n) is 6.74. The number of nitrogens with two attached hydrogens (primary N) is 2. The molecule has 5 aromatic rings. The van der Waals surface area contributed by atoms with Gasteiger partial charge in [0.25, 0.3) is 0 Å². The van der Waals surface area contributed by atoms with E-state index < -0.39 is 7.92 Å². The molecule has 4 N–H and O–H groups in total. The van der Waals surface area contributed by atoms with Gasteiger partial charge < -0.3 is 87.3 Å². The van der Waals surface area contributed by atoms with Crippen LogP contribution in [0.3, 0.4) is 0 Å². The average molecular weight is 1210 g/mol. The lowest BCUT2D eigenvalue weighted by Crippen LogP contribution is -2.20. The quantitative estimate of drug-likeness (QED) is 0.0149. The highest BCUT2D eigenvalue weighted by atomic mass is 31.1. The molecule has 0 aliphatic carbocycles. The van der Waals surface area contributed by atoms with Crippen LogP contribution in [-0.2, 0) is 56.8 Å². The molecule has 0 spiro atoms. The molecule has 0 saturated heterocycles. The lowest BCUT2D eigenvalue weighted by atomic mass is 10.4. The summed E-state index contributed by atoms with van der Waals surface area (Å²) in [5.74, 6) is 1.90. The molecule has 0 fully saturated rings. The van der Waals surface area contributed by atoms with Crippen molar-refractivity contribution in [1.29, 1.82) is 0 Å². The minimum absolute atomic E-state index is 0.323. The zero-order valence-corrected chi connectivity index (χ0v) is 50.5. The largest absolute Gasteiger partial charge is 0.475 e. The maximum absolute atomic E-state index is 8.13. The second kappa shape index (κ2) is 56.2. The number of ether oxygens (including phenoxy) is 16. The van der Waals surface area contributed by atoms with Crippen molar-refractivity contribution in [3.63, 3.8) is 0 Å². The lowest BCUT2D eigenvalue weighted by molar-refractivity contribution is 0.00889. The minimum atomic E-state index is -0.446. The molecule has 3 aromatic carbocycles. The van der Waals surface area contributed by atoms with Gasteiger partial charge in [0.15, 0.2) is 0 Å². The van der Waals surface area contributed by atoms with E-state index in [1.54, 1.807) is 24.3 Å². The molecule has 0 unspecified atom stereocenters. The molecule has 0 radical (unpaired) electrons. The third-order valence-corrected chi connectivity index (χ3v) is 13.0. The van der Waals surface area contributed by atoms with Gasteiger partial charge >= 0.3 is 0 Å². The average Bonchev–Trinajstić information content (AvgIpc) is 3.72. The third-order valence-electron chi connectivity index (χ3n) is 10.6. The van der Waals surface area contributed by atoms with Gasteiger partial charge in [0.2, 0.25) is 23.5 Å². The van der Waals surface area contributed by atoms with Crippen molar-refractivity contribution in [2.45, 2.75) is 13.3 Å². The molecule has 2 heterocycles. The number of azide groups is 1. The van der Waals surface area contributed by atoms with Crippen LogP contribution in [0.2, 0.25) is 0 Å². The van der Waals surface area contributed by atoms with E-state index in [4.69, 9.17) is 92.8 Å². The number of benzene rings is 3. The van der Waals surface area contributed by atoms with Crippen molar-refractivity contribution < 1.29 is 75.8 Å². The van der Waals surface area contributed by atoms with Crippen LogP contribution in [0, 0.1) is 0 Å². The monoisotopic (exact) mass is 1210 g/mol. The van der Waals surface area contributed by atoms with Crippen LogP contribution in [0.15, 0.2) is 133 Å². The summed E-state index contributed by atoms with van der Waals surface area (Å²) in [6, 6.07) is 43.0. The Kier molecular flexibility index (Phi) is 48.6. The Morgan fingerprint density at radius 2 is 0.576 bits per heavy atom.